The summed E-state index contributed by atoms with van der Waals surface area (Å²) in [4.78, 5) is 14.6. The molecule has 2 N–H and O–H groups in total. The van der Waals surface area contributed by atoms with Gasteiger partial charge in [-0.25, -0.2) is 0 Å². The second kappa shape index (κ2) is 5.33. The minimum absolute atomic E-state index is 0. The van der Waals surface area contributed by atoms with E-state index in [9.17, 15) is 10.1 Å². The summed E-state index contributed by atoms with van der Waals surface area (Å²) >= 11 is 0. The maximum atomic E-state index is 10.7. The van der Waals surface area contributed by atoms with E-state index in [1.807, 2.05) is 0 Å². The Morgan fingerprint density at radius 2 is 2.18 bits per heavy atom. The highest BCUT2D eigenvalue weighted by Gasteiger charge is 2.41. The lowest BCUT2D eigenvalue weighted by molar-refractivity contribution is -0.385. The second-order valence-corrected chi connectivity index (χ2v) is 5.89. The summed E-state index contributed by atoms with van der Waals surface area (Å²) in [7, 11) is 0. The summed E-state index contributed by atoms with van der Waals surface area (Å²) in [5.74, 6) is 0.811. The fourth-order valence-electron chi connectivity index (χ4n) is 2.27. The van der Waals surface area contributed by atoms with Gasteiger partial charge in [0.25, 0.3) is 5.89 Å². The Balaban J connectivity index is 0.00000176. The van der Waals surface area contributed by atoms with Crippen LogP contribution in [-0.2, 0) is 11.1 Å². The van der Waals surface area contributed by atoms with E-state index in [-0.39, 0.29) is 18.1 Å². The fraction of sp³-hybridized carbons (Fsp3) is 0.583. The van der Waals surface area contributed by atoms with Gasteiger partial charge in [-0.3, -0.25) is 14.8 Å². The zero-order valence-corrected chi connectivity index (χ0v) is 13.0. The van der Waals surface area contributed by atoms with E-state index < -0.39 is 16.0 Å². The number of aromatic nitrogens is 4. The smallest absolute Gasteiger partial charge is 0.307 e. The lowest BCUT2D eigenvalue weighted by Gasteiger charge is -2.34. The minimum atomic E-state index is -0.792. The van der Waals surface area contributed by atoms with Crippen molar-refractivity contribution >= 4 is 18.1 Å². The lowest BCUT2D eigenvalue weighted by Crippen LogP contribution is -2.44. The Kier molecular flexibility index (Phi) is 3.96. The Bertz CT molecular complexity index is 691. The minimum Gasteiger partial charge on any atom is -0.337 e. The molecule has 0 aliphatic heterocycles. The van der Waals surface area contributed by atoms with E-state index in [1.54, 1.807) is 13.8 Å². The molecule has 22 heavy (non-hydrogen) atoms. The molecule has 0 aromatic carbocycles. The van der Waals surface area contributed by atoms with E-state index in [0.29, 0.717) is 11.7 Å². The monoisotopic (exact) mass is 328 g/mol. The summed E-state index contributed by atoms with van der Waals surface area (Å²) in [5.41, 5.74) is 4.78. The summed E-state index contributed by atoms with van der Waals surface area (Å²) in [6.07, 6.45) is 5.25. The van der Waals surface area contributed by atoms with Crippen molar-refractivity contribution in [3.8, 4) is 0 Å². The molecule has 0 atom stereocenters. The van der Waals surface area contributed by atoms with Crippen LogP contribution in [0.25, 0.3) is 0 Å². The Labute approximate surface area is 132 Å². The molecule has 2 aromatic rings. The highest BCUT2D eigenvalue weighted by Crippen LogP contribution is 2.38. The topological polar surface area (TPSA) is 126 Å². The fourth-order valence-corrected chi connectivity index (χ4v) is 2.27. The number of nitro groups is 1. The number of halogens is 1. The Morgan fingerprint density at radius 3 is 2.68 bits per heavy atom. The molecule has 9 nitrogen and oxygen atoms in total. The van der Waals surface area contributed by atoms with Gasteiger partial charge in [0.1, 0.15) is 17.9 Å². The van der Waals surface area contributed by atoms with Gasteiger partial charge in [0, 0.05) is 0 Å². The van der Waals surface area contributed by atoms with Crippen LogP contribution in [-0.4, -0.2) is 24.8 Å². The zero-order chi connectivity index (χ0) is 15.3. The van der Waals surface area contributed by atoms with Crippen LogP contribution in [0.5, 0.6) is 0 Å². The number of hydrogen-bond acceptors (Lipinski definition) is 7. The van der Waals surface area contributed by atoms with Gasteiger partial charge in [-0.05, 0) is 33.1 Å². The van der Waals surface area contributed by atoms with Crippen LogP contribution in [0, 0.1) is 10.1 Å². The highest BCUT2D eigenvalue weighted by molar-refractivity contribution is 5.85. The summed E-state index contributed by atoms with van der Waals surface area (Å²) < 4.78 is 6.74. The van der Waals surface area contributed by atoms with Gasteiger partial charge < -0.3 is 10.3 Å². The molecule has 10 heteroatoms. The van der Waals surface area contributed by atoms with Crippen molar-refractivity contribution in [1.29, 1.82) is 0 Å². The molecule has 0 amide bonds. The first-order valence-corrected chi connectivity index (χ1v) is 6.66. The zero-order valence-electron chi connectivity index (χ0n) is 12.2. The number of rotatable bonds is 4. The van der Waals surface area contributed by atoms with Crippen LogP contribution in [0.2, 0.25) is 0 Å². The van der Waals surface area contributed by atoms with Gasteiger partial charge in [0.05, 0.1) is 10.5 Å². The van der Waals surface area contributed by atoms with Crippen molar-refractivity contribution in [2.75, 3.05) is 0 Å². The molecule has 2 aromatic heterocycles. The molecule has 1 aliphatic carbocycles. The van der Waals surface area contributed by atoms with E-state index in [1.165, 1.54) is 17.1 Å². The second-order valence-electron chi connectivity index (χ2n) is 5.89. The van der Waals surface area contributed by atoms with Crippen molar-refractivity contribution in [2.24, 2.45) is 5.73 Å². The third-order valence-electron chi connectivity index (χ3n) is 3.99. The van der Waals surface area contributed by atoms with Crippen molar-refractivity contribution < 1.29 is 9.45 Å². The Morgan fingerprint density at radius 1 is 1.50 bits per heavy atom. The normalized spacial score (nSPS) is 16.7. The van der Waals surface area contributed by atoms with Gasteiger partial charge in [-0.2, -0.15) is 10.1 Å². The van der Waals surface area contributed by atoms with Crippen LogP contribution < -0.4 is 5.73 Å². The average molecular weight is 329 g/mol. The molecule has 2 heterocycles. The van der Waals surface area contributed by atoms with Crippen LogP contribution in [0.4, 0.5) is 5.69 Å². The van der Waals surface area contributed by atoms with Gasteiger partial charge in [0.15, 0.2) is 5.82 Å². The predicted octanol–water partition coefficient (Wildman–Crippen LogP) is 1.72. The molecule has 1 fully saturated rings. The first-order chi connectivity index (χ1) is 9.83. The predicted molar refractivity (Wildman–Crippen MR) is 78.6 cm³/mol. The third kappa shape index (κ3) is 2.46. The largest absolute Gasteiger partial charge is 0.337 e. The van der Waals surface area contributed by atoms with Crippen molar-refractivity contribution in [1.82, 2.24) is 19.9 Å². The highest BCUT2D eigenvalue weighted by atomic mass is 35.5. The van der Waals surface area contributed by atoms with Gasteiger partial charge in [-0.1, -0.05) is 5.16 Å². The van der Waals surface area contributed by atoms with Crippen LogP contribution in [0.3, 0.4) is 0 Å². The molecule has 0 saturated heterocycles. The molecule has 120 valence electrons. The van der Waals surface area contributed by atoms with E-state index >= 15 is 0 Å². The van der Waals surface area contributed by atoms with E-state index in [2.05, 4.69) is 15.2 Å². The number of nitrogens with two attached hydrogens (primary N) is 1. The summed E-state index contributed by atoms with van der Waals surface area (Å²) in [6, 6.07) is 0. The van der Waals surface area contributed by atoms with Crippen LogP contribution >= 0.6 is 12.4 Å². The van der Waals surface area contributed by atoms with Crippen LogP contribution in [0.15, 0.2) is 16.9 Å². The molecule has 0 unspecified atom stereocenters. The average Bonchev–Trinajstić information content (AvgIpc) is 3.05. The van der Waals surface area contributed by atoms with Gasteiger partial charge >= 0.3 is 5.69 Å². The molecule has 0 bridgehead atoms. The molecule has 3 rings (SSSR count). The molecular weight excluding hydrogens is 312 g/mol. The van der Waals surface area contributed by atoms with E-state index in [4.69, 9.17) is 10.3 Å². The first-order valence-electron chi connectivity index (χ1n) is 6.66. The number of hydrogen-bond donors (Lipinski definition) is 1. The third-order valence-corrected chi connectivity index (χ3v) is 3.99. The first kappa shape index (κ1) is 16.4. The number of nitrogens with zero attached hydrogens (tertiary/aromatic N) is 5. The molecule has 0 radical (unpaired) electrons. The Hall–Kier alpha value is -2.00. The van der Waals surface area contributed by atoms with Gasteiger partial charge in [-0.15, -0.1) is 12.4 Å². The maximum absolute atomic E-state index is 10.7. The van der Waals surface area contributed by atoms with E-state index in [0.717, 1.165) is 19.3 Å². The quantitative estimate of drug-likeness (QED) is 0.668. The summed E-state index contributed by atoms with van der Waals surface area (Å²) in [6.45, 7) is 3.59. The maximum Gasteiger partial charge on any atom is 0.307 e. The van der Waals surface area contributed by atoms with Crippen molar-refractivity contribution in [2.45, 2.75) is 44.2 Å². The lowest BCUT2D eigenvalue weighted by atomic mass is 9.77. The molecule has 0 spiro atoms. The summed E-state index contributed by atoms with van der Waals surface area (Å²) in [5, 5.41) is 18.7. The van der Waals surface area contributed by atoms with Crippen LogP contribution in [0.1, 0.15) is 44.8 Å². The standard InChI is InChI=1S/C12H16N6O3.ClH/c1-11(2,17-7-8(6-14-17)18(19)20)10-15-9(16-21-10)12(13)4-3-5-12;/h6-7H,3-5,13H2,1-2H3;1H. The van der Waals surface area contributed by atoms with Gasteiger partial charge in [0.2, 0.25) is 0 Å². The van der Waals surface area contributed by atoms with Crippen molar-refractivity contribution in [3.05, 3.63) is 34.2 Å². The molecule has 1 saturated carbocycles. The SMILES string of the molecule is CC(C)(c1nc(C2(N)CCC2)no1)n1cc([N+](=O)[O-])cn1.Cl. The van der Waals surface area contributed by atoms with Crippen molar-refractivity contribution in [3.63, 3.8) is 0 Å². The molecule has 1 aliphatic rings. The molecular formula is C12H17ClN6O3.